The standard InChI is InChI=1S/C15H24N2O3S/c1-11(2)14(13-8-6-5-7-12(13)3)17-15(18)16-9-10-21(4,19)20/h5-8,11,14H,9-10H2,1-4H3,(H2,16,17,18)/t14-/m1/s1. The van der Waals surface area contributed by atoms with Crippen molar-refractivity contribution in [3.8, 4) is 0 Å². The molecule has 0 radical (unpaired) electrons. The van der Waals surface area contributed by atoms with E-state index in [2.05, 4.69) is 10.6 Å². The van der Waals surface area contributed by atoms with E-state index < -0.39 is 9.84 Å². The second-order valence-electron chi connectivity index (χ2n) is 5.61. The van der Waals surface area contributed by atoms with Gasteiger partial charge in [-0.1, -0.05) is 38.1 Å². The summed E-state index contributed by atoms with van der Waals surface area (Å²) >= 11 is 0. The molecule has 1 aromatic rings. The Bertz CT molecular complexity index is 582. The van der Waals surface area contributed by atoms with Crippen LogP contribution in [0.1, 0.15) is 31.0 Å². The Balaban J connectivity index is 2.68. The van der Waals surface area contributed by atoms with Gasteiger partial charge in [-0.2, -0.15) is 0 Å². The van der Waals surface area contributed by atoms with E-state index in [9.17, 15) is 13.2 Å². The monoisotopic (exact) mass is 312 g/mol. The highest BCUT2D eigenvalue weighted by Crippen LogP contribution is 2.24. The Labute approximate surface area is 127 Å². The van der Waals surface area contributed by atoms with Crippen LogP contribution in [0.2, 0.25) is 0 Å². The number of sulfone groups is 1. The van der Waals surface area contributed by atoms with Crippen LogP contribution in [0.25, 0.3) is 0 Å². The highest BCUT2D eigenvalue weighted by molar-refractivity contribution is 7.90. The van der Waals surface area contributed by atoms with E-state index in [1.807, 2.05) is 45.0 Å². The first-order chi connectivity index (χ1) is 9.70. The van der Waals surface area contributed by atoms with Gasteiger partial charge in [0.05, 0.1) is 11.8 Å². The zero-order valence-electron chi connectivity index (χ0n) is 13.0. The van der Waals surface area contributed by atoms with Gasteiger partial charge >= 0.3 is 6.03 Å². The first-order valence-corrected chi connectivity index (χ1v) is 9.04. The lowest BCUT2D eigenvalue weighted by molar-refractivity contribution is 0.233. The average molecular weight is 312 g/mol. The summed E-state index contributed by atoms with van der Waals surface area (Å²) in [4.78, 5) is 11.9. The predicted molar refractivity (Wildman–Crippen MR) is 85.0 cm³/mol. The summed E-state index contributed by atoms with van der Waals surface area (Å²) in [6.45, 7) is 6.19. The van der Waals surface area contributed by atoms with E-state index >= 15 is 0 Å². The minimum atomic E-state index is -3.07. The van der Waals surface area contributed by atoms with Crippen LogP contribution in [0.5, 0.6) is 0 Å². The molecule has 6 heteroatoms. The molecule has 0 aliphatic rings. The zero-order chi connectivity index (χ0) is 16.0. The minimum absolute atomic E-state index is 0.0584. The lowest BCUT2D eigenvalue weighted by Crippen LogP contribution is -2.41. The Morgan fingerprint density at radius 2 is 1.86 bits per heavy atom. The molecule has 5 nitrogen and oxygen atoms in total. The van der Waals surface area contributed by atoms with Crippen molar-refractivity contribution in [3.05, 3.63) is 35.4 Å². The molecule has 0 saturated carbocycles. The fraction of sp³-hybridized carbons (Fsp3) is 0.533. The van der Waals surface area contributed by atoms with E-state index in [0.717, 1.165) is 17.4 Å². The van der Waals surface area contributed by atoms with Crippen molar-refractivity contribution >= 4 is 15.9 Å². The van der Waals surface area contributed by atoms with Crippen LogP contribution in [-0.2, 0) is 9.84 Å². The SMILES string of the molecule is Cc1ccccc1[C@H](NC(=O)NCCS(C)(=O)=O)C(C)C. The van der Waals surface area contributed by atoms with Crippen molar-refractivity contribution in [2.75, 3.05) is 18.6 Å². The topological polar surface area (TPSA) is 75.3 Å². The van der Waals surface area contributed by atoms with E-state index in [1.54, 1.807) is 0 Å². The van der Waals surface area contributed by atoms with Crippen LogP contribution in [-0.4, -0.2) is 33.0 Å². The fourth-order valence-electron chi connectivity index (χ4n) is 2.08. The summed E-state index contributed by atoms with van der Waals surface area (Å²) in [5.74, 6) is 0.170. The van der Waals surface area contributed by atoms with Crippen molar-refractivity contribution in [2.45, 2.75) is 26.8 Å². The van der Waals surface area contributed by atoms with Crippen LogP contribution in [0, 0.1) is 12.8 Å². The normalized spacial score (nSPS) is 13.0. The van der Waals surface area contributed by atoms with Crippen LogP contribution in [0.4, 0.5) is 4.79 Å². The van der Waals surface area contributed by atoms with Gasteiger partial charge in [0.25, 0.3) is 0 Å². The number of hydrogen-bond acceptors (Lipinski definition) is 3. The molecule has 0 bridgehead atoms. The van der Waals surface area contributed by atoms with Gasteiger partial charge in [0.1, 0.15) is 9.84 Å². The Hall–Kier alpha value is -1.56. The van der Waals surface area contributed by atoms with Crippen molar-refractivity contribution in [2.24, 2.45) is 5.92 Å². The number of carbonyl (C=O) groups excluding carboxylic acids is 1. The molecule has 1 rings (SSSR count). The molecule has 1 atom stereocenters. The van der Waals surface area contributed by atoms with Gasteiger partial charge in [-0.25, -0.2) is 13.2 Å². The van der Waals surface area contributed by atoms with Crippen molar-refractivity contribution in [3.63, 3.8) is 0 Å². The van der Waals surface area contributed by atoms with Gasteiger partial charge in [0.15, 0.2) is 0 Å². The average Bonchev–Trinajstić information content (AvgIpc) is 2.35. The van der Waals surface area contributed by atoms with Gasteiger partial charge in [-0.15, -0.1) is 0 Å². The fourth-order valence-corrected chi connectivity index (χ4v) is 2.55. The number of carbonyl (C=O) groups is 1. The van der Waals surface area contributed by atoms with Gasteiger partial charge < -0.3 is 10.6 Å². The third kappa shape index (κ3) is 6.16. The van der Waals surface area contributed by atoms with E-state index in [4.69, 9.17) is 0 Å². The summed E-state index contributed by atoms with van der Waals surface area (Å²) in [6, 6.07) is 7.46. The Morgan fingerprint density at radius 1 is 1.24 bits per heavy atom. The molecule has 0 aliphatic heterocycles. The molecule has 1 aromatic carbocycles. The molecule has 118 valence electrons. The first kappa shape index (κ1) is 17.5. The van der Waals surface area contributed by atoms with E-state index in [0.29, 0.717) is 0 Å². The number of amides is 2. The lowest BCUT2D eigenvalue weighted by Gasteiger charge is -2.24. The number of urea groups is 1. The molecule has 0 fully saturated rings. The summed E-state index contributed by atoms with van der Waals surface area (Å²) in [7, 11) is -3.07. The Kier molecular flexibility index (Phi) is 6.20. The van der Waals surface area contributed by atoms with Gasteiger partial charge in [-0.3, -0.25) is 0 Å². The molecule has 0 unspecified atom stereocenters. The molecule has 0 saturated heterocycles. The van der Waals surface area contributed by atoms with Crippen LogP contribution < -0.4 is 10.6 Å². The van der Waals surface area contributed by atoms with Crippen LogP contribution in [0.3, 0.4) is 0 Å². The number of aryl methyl sites for hydroxylation is 1. The Morgan fingerprint density at radius 3 is 2.38 bits per heavy atom. The molecule has 2 amide bonds. The summed E-state index contributed by atoms with van der Waals surface area (Å²) in [5, 5.41) is 5.50. The maximum absolute atomic E-state index is 11.9. The number of benzene rings is 1. The number of rotatable bonds is 6. The summed E-state index contributed by atoms with van der Waals surface area (Å²) in [5.41, 5.74) is 2.19. The number of hydrogen-bond donors (Lipinski definition) is 2. The van der Waals surface area contributed by atoms with Gasteiger partial charge in [0, 0.05) is 12.8 Å². The molecular weight excluding hydrogens is 288 g/mol. The summed E-state index contributed by atoms with van der Waals surface area (Å²) < 4.78 is 22.1. The molecule has 2 N–H and O–H groups in total. The third-order valence-corrected chi connectivity index (χ3v) is 4.18. The quantitative estimate of drug-likeness (QED) is 0.844. The van der Waals surface area contributed by atoms with Gasteiger partial charge in [0.2, 0.25) is 0 Å². The smallest absolute Gasteiger partial charge is 0.315 e. The maximum atomic E-state index is 11.9. The molecule has 0 aliphatic carbocycles. The second kappa shape index (κ2) is 7.45. The minimum Gasteiger partial charge on any atom is -0.337 e. The summed E-state index contributed by atoms with van der Waals surface area (Å²) in [6.07, 6.45) is 1.15. The largest absolute Gasteiger partial charge is 0.337 e. The molecule has 21 heavy (non-hydrogen) atoms. The van der Waals surface area contributed by atoms with Crippen molar-refractivity contribution < 1.29 is 13.2 Å². The maximum Gasteiger partial charge on any atom is 0.315 e. The first-order valence-electron chi connectivity index (χ1n) is 6.98. The van der Waals surface area contributed by atoms with Crippen LogP contribution >= 0.6 is 0 Å². The highest BCUT2D eigenvalue weighted by atomic mass is 32.2. The van der Waals surface area contributed by atoms with E-state index in [1.165, 1.54) is 0 Å². The molecule has 0 aromatic heterocycles. The van der Waals surface area contributed by atoms with Crippen molar-refractivity contribution in [1.82, 2.24) is 10.6 Å². The molecule has 0 spiro atoms. The third-order valence-electron chi connectivity index (χ3n) is 3.24. The zero-order valence-corrected chi connectivity index (χ0v) is 13.8. The predicted octanol–water partition coefficient (Wildman–Crippen LogP) is 2.04. The van der Waals surface area contributed by atoms with Gasteiger partial charge in [-0.05, 0) is 24.0 Å². The highest BCUT2D eigenvalue weighted by Gasteiger charge is 2.19. The number of nitrogens with one attached hydrogen (secondary N) is 2. The lowest BCUT2D eigenvalue weighted by atomic mass is 9.93. The van der Waals surface area contributed by atoms with E-state index in [-0.39, 0.29) is 30.3 Å². The van der Waals surface area contributed by atoms with Crippen molar-refractivity contribution in [1.29, 1.82) is 0 Å². The molecular formula is C15H24N2O3S. The molecule has 0 heterocycles. The van der Waals surface area contributed by atoms with Crippen LogP contribution in [0.15, 0.2) is 24.3 Å². The second-order valence-corrected chi connectivity index (χ2v) is 7.87.